The molecule has 3 nitrogen and oxygen atoms in total. The minimum absolute atomic E-state index is 0.706. The van der Waals surface area contributed by atoms with Crippen LogP contribution in [0.25, 0.3) is 0 Å². The Bertz CT molecular complexity index is 204. The summed E-state index contributed by atoms with van der Waals surface area (Å²) < 4.78 is 0. The van der Waals surface area contributed by atoms with Crippen molar-refractivity contribution in [3.63, 3.8) is 0 Å². The van der Waals surface area contributed by atoms with Gasteiger partial charge in [-0.3, -0.25) is 4.90 Å². The van der Waals surface area contributed by atoms with E-state index in [0.717, 1.165) is 6.04 Å². The lowest BCUT2D eigenvalue weighted by atomic mass is 10.1. The van der Waals surface area contributed by atoms with Crippen molar-refractivity contribution < 1.29 is 0 Å². The van der Waals surface area contributed by atoms with Crippen molar-refractivity contribution in [2.24, 2.45) is 0 Å². The molecular weight excluding hydrogens is 222 g/mol. The van der Waals surface area contributed by atoms with E-state index >= 15 is 0 Å². The molecular formula is C15H33N3. The van der Waals surface area contributed by atoms with Crippen molar-refractivity contribution in [2.75, 3.05) is 40.3 Å². The van der Waals surface area contributed by atoms with Crippen LogP contribution in [-0.4, -0.2) is 62.2 Å². The Morgan fingerprint density at radius 2 is 2.17 bits per heavy atom. The van der Waals surface area contributed by atoms with Crippen molar-refractivity contribution in [2.45, 2.75) is 58.0 Å². The van der Waals surface area contributed by atoms with Crippen LogP contribution in [-0.2, 0) is 0 Å². The van der Waals surface area contributed by atoms with Crippen molar-refractivity contribution in [3.8, 4) is 0 Å². The van der Waals surface area contributed by atoms with E-state index in [2.05, 4.69) is 43.1 Å². The fraction of sp³-hybridized carbons (Fsp3) is 1.00. The highest BCUT2D eigenvalue weighted by molar-refractivity contribution is 4.80. The fourth-order valence-electron chi connectivity index (χ4n) is 3.13. The molecule has 1 fully saturated rings. The number of likely N-dealkylation sites (N-methyl/N-ethyl adjacent to an activating group) is 2. The summed E-state index contributed by atoms with van der Waals surface area (Å²) in [5.41, 5.74) is 0. The van der Waals surface area contributed by atoms with Crippen LogP contribution in [0.1, 0.15) is 46.0 Å². The monoisotopic (exact) mass is 255 g/mol. The number of rotatable bonds is 9. The summed E-state index contributed by atoms with van der Waals surface area (Å²) >= 11 is 0. The summed E-state index contributed by atoms with van der Waals surface area (Å²) in [7, 11) is 4.36. The molecule has 0 aliphatic carbocycles. The van der Waals surface area contributed by atoms with Gasteiger partial charge in [-0.2, -0.15) is 0 Å². The Labute approximate surface area is 114 Å². The van der Waals surface area contributed by atoms with Crippen LogP contribution in [0.3, 0.4) is 0 Å². The molecule has 1 rings (SSSR count). The van der Waals surface area contributed by atoms with Gasteiger partial charge in [-0.1, -0.05) is 13.8 Å². The molecule has 0 aromatic heterocycles. The van der Waals surface area contributed by atoms with Gasteiger partial charge in [0.15, 0.2) is 0 Å². The van der Waals surface area contributed by atoms with E-state index in [4.69, 9.17) is 0 Å². The Morgan fingerprint density at radius 1 is 1.39 bits per heavy atom. The minimum Gasteiger partial charge on any atom is -0.317 e. The average Bonchev–Trinajstić information content (AvgIpc) is 2.82. The van der Waals surface area contributed by atoms with Crippen LogP contribution < -0.4 is 5.32 Å². The SMILES string of the molecule is CCC(CCCN(C)CC1CCCN1CC)NC. The summed E-state index contributed by atoms with van der Waals surface area (Å²) in [4.78, 5) is 5.17. The number of likely N-dealkylation sites (tertiary alicyclic amines) is 1. The van der Waals surface area contributed by atoms with E-state index in [1.165, 1.54) is 58.3 Å². The highest BCUT2D eigenvalue weighted by Gasteiger charge is 2.23. The van der Waals surface area contributed by atoms with E-state index in [1.54, 1.807) is 0 Å². The second-order valence-corrected chi connectivity index (χ2v) is 5.72. The number of nitrogens with zero attached hydrogens (tertiary/aromatic N) is 2. The minimum atomic E-state index is 0.706. The van der Waals surface area contributed by atoms with Gasteiger partial charge in [0, 0.05) is 18.6 Å². The van der Waals surface area contributed by atoms with E-state index in [1.807, 2.05) is 0 Å². The molecule has 0 amide bonds. The normalized spacial score (nSPS) is 22.8. The first-order valence-electron chi connectivity index (χ1n) is 7.81. The Kier molecular flexibility index (Phi) is 7.87. The largest absolute Gasteiger partial charge is 0.317 e. The molecule has 0 spiro atoms. The topological polar surface area (TPSA) is 18.5 Å². The zero-order valence-electron chi connectivity index (χ0n) is 12.9. The van der Waals surface area contributed by atoms with Gasteiger partial charge in [-0.15, -0.1) is 0 Å². The molecule has 2 atom stereocenters. The maximum atomic E-state index is 3.39. The van der Waals surface area contributed by atoms with Gasteiger partial charge >= 0.3 is 0 Å². The van der Waals surface area contributed by atoms with E-state index in [-0.39, 0.29) is 0 Å². The van der Waals surface area contributed by atoms with Crippen molar-refractivity contribution in [1.82, 2.24) is 15.1 Å². The molecule has 0 radical (unpaired) electrons. The van der Waals surface area contributed by atoms with Crippen LogP contribution in [0.15, 0.2) is 0 Å². The molecule has 0 aromatic rings. The molecule has 3 heteroatoms. The molecule has 0 bridgehead atoms. The highest BCUT2D eigenvalue weighted by Crippen LogP contribution is 2.17. The lowest BCUT2D eigenvalue weighted by Gasteiger charge is -2.28. The molecule has 1 aliphatic heterocycles. The van der Waals surface area contributed by atoms with Gasteiger partial charge in [-0.05, 0) is 65.8 Å². The Hall–Kier alpha value is -0.120. The van der Waals surface area contributed by atoms with Crippen LogP contribution in [0.4, 0.5) is 0 Å². The van der Waals surface area contributed by atoms with Gasteiger partial charge < -0.3 is 10.2 Å². The second kappa shape index (κ2) is 8.89. The van der Waals surface area contributed by atoms with Crippen molar-refractivity contribution >= 4 is 0 Å². The third-order valence-corrected chi connectivity index (χ3v) is 4.42. The van der Waals surface area contributed by atoms with E-state index in [0.29, 0.717) is 6.04 Å². The Morgan fingerprint density at radius 3 is 2.78 bits per heavy atom. The van der Waals surface area contributed by atoms with Gasteiger partial charge in [-0.25, -0.2) is 0 Å². The summed E-state index contributed by atoms with van der Waals surface area (Å²) in [6, 6.07) is 1.52. The maximum Gasteiger partial charge on any atom is 0.0223 e. The zero-order valence-corrected chi connectivity index (χ0v) is 12.9. The first kappa shape index (κ1) is 15.9. The van der Waals surface area contributed by atoms with E-state index in [9.17, 15) is 0 Å². The first-order valence-corrected chi connectivity index (χ1v) is 7.81. The number of hydrogen-bond donors (Lipinski definition) is 1. The van der Waals surface area contributed by atoms with Crippen LogP contribution >= 0.6 is 0 Å². The predicted molar refractivity (Wildman–Crippen MR) is 80.1 cm³/mol. The fourth-order valence-corrected chi connectivity index (χ4v) is 3.13. The second-order valence-electron chi connectivity index (χ2n) is 5.72. The highest BCUT2D eigenvalue weighted by atomic mass is 15.2. The summed E-state index contributed by atoms with van der Waals surface area (Å²) in [6.07, 6.45) is 6.65. The third-order valence-electron chi connectivity index (χ3n) is 4.42. The molecule has 1 N–H and O–H groups in total. The molecule has 1 saturated heterocycles. The van der Waals surface area contributed by atoms with Gasteiger partial charge in [0.05, 0.1) is 0 Å². The summed E-state index contributed by atoms with van der Waals surface area (Å²) in [5.74, 6) is 0. The molecule has 2 unspecified atom stereocenters. The smallest absolute Gasteiger partial charge is 0.0223 e. The van der Waals surface area contributed by atoms with Crippen LogP contribution in [0.2, 0.25) is 0 Å². The zero-order chi connectivity index (χ0) is 13.4. The summed E-state index contributed by atoms with van der Waals surface area (Å²) in [5, 5.41) is 3.39. The predicted octanol–water partition coefficient (Wildman–Crippen LogP) is 2.18. The first-order chi connectivity index (χ1) is 8.71. The summed E-state index contributed by atoms with van der Waals surface area (Å²) in [6.45, 7) is 9.58. The lowest BCUT2D eigenvalue weighted by molar-refractivity contribution is 0.196. The van der Waals surface area contributed by atoms with Crippen molar-refractivity contribution in [1.29, 1.82) is 0 Å². The molecule has 1 aliphatic rings. The average molecular weight is 255 g/mol. The molecule has 0 aromatic carbocycles. The third kappa shape index (κ3) is 5.25. The molecule has 18 heavy (non-hydrogen) atoms. The Balaban J connectivity index is 2.15. The molecule has 1 heterocycles. The molecule has 108 valence electrons. The van der Waals surface area contributed by atoms with Crippen LogP contribution in [0.5, 0.6) is 0 Å². The number of nitrogens with one attached hydrogen (secondary N) is 1. The van der Waals surface area contributed by atoms with E-state index < -0.39 is 0 Å². The molecule has 0 saturated carbocycles. The quantitative estimate of drug-likeness (QED) is 0.681. The number of hydrogen-bond acceptors (Lipinski definition) is 3. The van der Waals surface area contributed by atoms with Gasteiger partial charge in [0.2, 0.25) is 0 Å². The van der Waals surface area contributed by atoms with Gasteiger partial charge in [0.25, 0.3) is 0 Å². The lowest BCUT2D eigenvalue weighted by Crippen LogP contribution is -2.39. The van der Waals surface area contributed by atoms with Crippen LogP contribution in [0, 0.1) is 0 Å². The standard InChI is InChI=1S/C15H33N3/c1-5-14(16-3)9-7-11-17(4)13-15-10-8-12-18(15)6-2/h14-16H,5-13H2,1-4H3. The van der Waals surface area contributed by atoms with Gasteiger partial charge in [0.1, 0.15) is 0 Å². The maximum absolute atomic E-state index is 3.39. The van der Waals surface area contributed by atoms with Crippen molar-refractivity contribution in [3.05, 3.63) is 0 Å².